The summed E-state index contributed by atoms with van der Waals surface area (Å²) in [4.78, 5) is 11.7. The predicted molar refractivity (Wildman–Crippen MR) is 72.5 cm³/mol. The first-order valence-electron chi connectivity index (χ1n) is 6.27. The molecule has 18 heavy (non-hydrogen) atoms. The van der Waals surface area contributed by atoms with Crippen LogP contribution in [0.25, 0.3) is 10.9 Å². The van der Waals surface area contributed by atoms with Crippen LogP contribution < -0.4 is 0 Å². The second-order valence-corrected chi connectivity index (χ2v) is 5.08. The summed E-state index contributed by atoms with van der Waals surface area (Å²) in [6, 6.07) is 8.24. The molecule has 3 heteroatoms. The van der Waals surface area contributed by atoms with Gasteiger partial charge in [-0.25, -0.2) is 0 Å². The highest BCUT2D eigenvalue weighted by atomic mass is 16.5. The standard InChI is InChI=1S/C15H19NO2/c1-11(2)10-18-15(17)9-16-7-6-13-8-12(3)4-5-14(13)16/h4-8,11H,9-10H2,1-3H3. The van der Waals surface area contributed by atoms with Gasteiger partial charge in [0, 0.05) is 11.7 Å². The molecule has 0 atom stereocenters. The maximum atomic E-state index is 11.7. The maximum Gasteiger partial charge on any atom is 0.325 e. The molecule has 0 bridgehead atoms. The molecule has 1 aromatic heterocycles. The lowest BCUT2D eigenvalue weighted by Crippen LogP contribution is -2.15. The number of benzene rings is 1. The van der Waals surface area contributed by atoms with Crippen molar-refractivity contribution < 1.29 is 9.53 Å². The molecule has 0 N–H and O–H groups in total. The molecule has 0 saturated carbocycles. The second kappa shape index (κ2) is 5.25. The Bertz CT molecular complexity index is 555. The van der Waals surface area contributed by atoms with Crippen LogP contribution in [0.15, 0.2) is 30.5 Å². The summed E-state index contributed by atoms with van der Waals surface area (Å²) in [5, 5.41) is 1.16. The van der Waals surface area contributed by atoms with Crippen molar-refractivity contribution in [3.05, 3.63) is 36.0 Å². The third-order valence-corrected chi connectivity index (χ3v) is 2.80. The molecule has 0 amide bonds. The Morgan fingerprint density at radius 1 is 1.33 bits per heavy atom. The van der Waals surface area contributed by atoms with Gasteiger partial charge in [0.2, 0.25) is 0 Å². The van der Waals surface area contributed by atoms with E-state index in [1.165, 1.54) is 5.56 Å². The van der Waals surface area contributed by atoms with Gasteiger partial charge in [-0.05, 0) is 36.4 Å². The Kier molecular flexibility index (Phi) is 3.70. The SMILES string of the molecule is Cc1ccc2c(ccn2CC(=O)OCC(C)C)c1. The van der Waals surface area contributed by atoms with Crippen molar-refractivity contribution in [1.82, 2.24) is 4.57 Å². The Hall–Kier alpha value is -1.77. The molecule has 1 aromatic carbocycles. The van der Waals surface area contributed by atoms with Crippen molar-refractivity contribution in [2.24, 2.45) is 5.92 Å². The zero-order valence-corrected chi connectivity index (χ0v) is 11.1. The number of carbonyl (C=O) groups is 1. The number of fused-ring (bicyclic) bond motifs is 1. The van der Waals surface area contributed by atoms with Gasteiger partial charge in [0.25, 0.3) is 0 Å². The molecule has 0 aliphatic rings. The monoisotopic (exact) mass is 245 g/mol. The highest BCUT2D eigenvalue weighted by Gasteiger charge is 2.08. The molecule has 0 saturated heterocycles. The summed E-state index contributed by atoms with van der Waals surface area (Å²) in [5.41, 5.74) is 2.30. The lowest BCUT2D eigenvalue weighted by Gasteiger charge is -2.08. The van der Waals surface area contributed by atoms with Gasteiger partial charge in [-0.3, -0.25) is 4.79 Å². The summed E-state index contributed by atoms with van der Waals surface area (Å²) in [6.45, 7) is 6.88. The third-order valence-electron chi connectivity index (χ3n) is 2.80. The van der Waals surface area contributed by atoms with Gasteiger partial charge in [-0.2, -0.15) is 0 Å². The van der Waals surface area contributed by atoms with E-state index in [2.05, 4.69) is 19.1 Å². The van der Waals surface area contributed by atoms with Gasteiger partial charge < -0.3 is 9.30 Å². The molecule has 0 aliphatic carbocycles. The number of carbonyl (C=O) groups excluding carboxylic acids is 1. The van der Waals surface area contributed by atoms with Gasteiger partial charge in [0.1, 0.15) is 6.54 Å². The van der Waals surface area contributed by atoms with E-state index >= 15 is 0 Å². The average Bonchev–Trinajstić information content (AvgIpc) is 2.69. The first-order valence-corrected chi connectivity index (χ1v) is 6.27. The molecular formula is C15H19NO2. The number of hydrogen-bond donors (Lipinski definition) is 0. The number of esters is 1. The molecule has 96 valence electrons. The van der Waals surface area contributed by atoms with Crippen LogP contribution in [-0.2, 0) is 16.1 Å². The minimum atomic E-state index is -0.179. The van der Waals surface area contributed by atoms with E-state index in [1.54, 1.807) is 0 Å². The molecule has 0 spiro atoms. The third kappa shape index (κ3) is 2.92. The minimum absolute atomic E-state index is 0.179. The van der Waals surface area contributed by atoms with Crippen molar-refractivity contribution >= 4 is 16.9 Å². The first kappa shape index (κ1) is 12.7. The second-order valence-electron chi connectivity index (χ2n) is 5.08. The van der Waals surface area contributed by atoms with Crippen molar-refractivity contribution in [2.45, 2.75) is 27.3 Å². The van der Waals surface area contributed by atoms with Crippen LogP contribution in [0.4, 0.5) is 0 Å². The molecule has 2 aromatic rings. The van der Waals surface area contributed by atoms with Crippen LogP contribution in [0.3, 0.4) is 0 Å². The van der Waals surface area contributed by atoms with Crippen LogP contribution in [0.1, 0.15) is 19.4 Å². The average molecular weight is 245 g/mol. The van der Waals surface area contributed by atoms with E-state index in [0.29, 0.717) is 12.5 Å². The van der Waals surface area contributed by atoms with Gasteiger partial charge in [-0.1, -0.05) is 25.5 Å². The lowest BCUT2D eigenvalue weighted by atomic mass is 10.2. The van der Waals surface area contributed by atoms with Gasteiger partial charge in [0.15, 0.2) is 0 Å². The molecule has 0 aliphatic heterocycles. The number of hydrogen-bond acceptors (Lipinski definition) is 2. The quantitative estimate of drug-likeness (QED) is 0.775. The van der Waals surface area contributed by atoms with Crippen LogP contribution in [0.5, 0.6) is 0 Å². The van der Waals surface area contributed by atoms with Crippen LogP contribution in [-0.4, -0.2) is 17.1 Å². The van der Waals surface area contributed by atoms with Crippen molar-refractivity contribution in [2.75, 3.05) is 6.61 Å². The van der Waals surface area contributed by atoms with E-state index in [1.807, 2.05) is 36.7 Å². The highest BCUT2D eigenvalue weighted by molar-refractivity contribution is 5.82. The summed E-state index contributed by atoms with van der Waals surface area (Å²) >= 11 is 0. The van der Waals surface area contributed by atoms with Gasteiger partial charge in [-0.15, -0.1) is 0 Å². The maximum absolute atomic E-state index is 11.7. The highest BCUT2D eigenvalue weighted by Crippen LogP contribution is 2.17. The van der Waals surface area contributed by atoms with E-state index in [-0.39, 0.29) is 12.5 Å². The Morgan fingerprint density at radius 3 is 2.83 bits per heavy atom. The molecular weight excluding hydrogens is 226 g/mol. The predicted octanol–water partition coefficient (Wildman–Crippen LogP) is 3.15. The molecule has 0 unspecified atom stereocenters. The number of ether oxygens (including phenoxy) is 1. The summed E-state index contributed by atoms with van der Waals surface area (Å²) in [5.74, 6) is 0.194. The Morgan fingerprint density at radius 2 is 2.11 bits per heavy atom. The Balaban J connectivity index is 2.10. The van der Waals surface area contributed by atoms with E-state index in [4.69, 9.17) is 4.74 Å². The fraction of sp³-hybridized carbons (Fsp3) is 0.400. The number of aryl methyl sites for hydroxylation is 1. The van der Waals surface area contributed by atoms with Crippen molar-refractivity contribution in [1.29, 1.82) is 0 Å². The summed E-state index contributed by atoms with van der Waals surface area (Å²) in [6.07, 6.45) is 1.93. The molecule has 1 heterocycles. The van der Waals surface area contributed by atoms with Crippen LogP contribution in [0, 0.1) is 12.8 Å². The van der Waals surface area contributed by atoms with Crippen LogP contribution in [0.2, 0.25) is 0 Å². The molecule has 0 fully saturated rings. The molecule has 2 rings (SSSR count). The largest absolute Gasteiger partial charge is 0.464 e. The van der Waals surface area contributed by atoms with Gasteiger partial charge >= 0.3 is 5.97 Å². The van der Waals surface area contributed by atoms with E-state index in [9.17, 15) is 4.79 Å². The number of aromatic nitrogens is 1. The smallest absolute Gasteiger partial charge is 0.325 e. The first-order chi connectivity index (χ1) is 8.56. The topological polar surface area (TPSA) is 31.2 Å². The Labute approximate surface area is 107 Å². The van der Waals surface area contributed by atoms with E-state index < -0.39 is 0 Å². The summed E-state index contributed by atoms with van der Waals surface area (Å²) in [7, 11) is 0. The van der Waals surface area contributed by atoms with Gasteiger partial charge in [0.05, 0.1) is 6.61 Å². The molecule has 0 radical (unpaired) electrons. The lowest BCUT2D eigenvalue weighted by molar-refractivity contribution is -0.145. The molecule has 3 nitrogen and oxygen atoms in total. The number of rotatable bonds is 4. The summed E-state index contributed by atoms with van der Waals surface area (Å²) < 4.78 is 7.12. The zero-order valence-electron chi connectivity index (χ0n) is 11.1. The normalized spacial score (nSPS) is 11.1. The fourth-order valence-electron chi connectivity index (χ4n) is 1.90. The fourth-order valence-corrected chi connectivity index (χ4v) is 1.90. The zero-order chi connectivity index (χ0) is 13.1. The number of nitrogens with zero attached hydrogens (tertiary/aromatic N) is 1. The van der Waals surface area contributed by atoms with Crippen molar-refractivity contribution in [3.63, 3.8) is 0 Å². The minimum Gasteiger partial charge on any atom is -0.464 e. The van der Waals surface area contributed by atoms with Crippen LogP contribution >= 0.6 is 0 Å². The van der Waals surface area contributed by atoms with E-state index in [0.717, 1.165) is 10.9 Å². The van der Waals surface area contributed by atoms with Crippen molar-refractivity contribution in [3.8, 4) is 0 Å².